The van der Waals surface area contributed by atoms with Crippen molar-refractivity contribution in [3.8, 4) is 0 Å². The summed E-state index contributed by atoms with van der Waals surface area (Å²) in [7, 11) is 0. The summed E-state index contributed by atoms with van der Waals surface area (Å²) in [5.41, 5.74) is -0.244. The first kappa shape index (κ1) is 19.2. The van der Waals surface area contributed by atoms with Crippen LogP contribution in [0.3, 0.4) is 0 Å². The molecule has 0 aliphatic rings. The Morgan fingerprint density at radius 3 is 2.57 bits per heavy atom. The Hall–Kier alpha value is -1.82. The predicted octanol–water partition coefficient (Wildman–Crippen LogP) is 3.61. The molecule has 1 aromatic rings. The predicted molar refractivity (Wildman–Crippen MR) is 90.5 cm³/mol. The van der Waals surface area contributed by atoms with Crippen LogP contribution in [0.5, 0.6) is 0 Å². The highest BCUT2D eigenvalue weighted by Crippen LogP contribution is 2.18. The molecule has 0 saturated heterocycles. The third-order valence-corrected chi connectivity index (χ3v) is 3.47. The molecule has 2 atom stereocenters. The molecule has 1 aromatic heterocycles. The van der Waals surface area contributed by atoms with E-state index in [1.165, 1.54) is 6.20 Å². The Bertz CT molecular complexity index is 558. The van der Waals surface area contributed by atoms with Crippen molar-refractivity contribution in [1.82, 2.24) is 10.3 Å². The van der Waals surface area contributed by atoms with E-state index in [4.69, 9.17) is 16.3 Å². The van der Waals surface area contributed by atoms with Crippen molar-refractivity contribution in [2.75, 3.05) is 5.32 Å². The third-order valence-electron chi connectivity index (χ3n) is 3.17. The van der Waals surface area contributed by atoms with E-state index in [1.807, 2.05) is 13.8 Å². The van der Waals surface area contributed by atoms with Gasteiger partial charge in [-0.15, -0.1) is 0 Å². The molecule has 1 rings (SSSR count). The van der Waals surface area contributed by atoms with Gasteiger partial charge in [0, 0.05) is 6.20 Å². The number of nitrogens with one attached hydrogen (secondary N) is 2. The van der Waals surface area contributed by atoms with Crippen LogP contribution in [-0.2, 0) is 9.53 Å². The van der Waals surface area contributed by atoms with Crippen LogP contribution in [0.1, 0.15) is 41.0 Å². The zero-order valence-corrected chi connectivity index (χ0v) is 14.9. The second-order valence-corrected chi connectivity index (χ2v) is 6.69. The molecule has 0 bridgehead atoms. The molecule has 0 aromatic carbocycles. The Morgan fingerprint density at radius 2 is 2.04 bits per heavy atom. The van der Waals surface area contributed by atoms with Gasteiger partial charge in [0.05, 0.1) is 5.69 Å². The lowest BCUT2D eigenvalue weighted by atomic mass is 9.99. The first-order valence-electron chi connectivity index (χ1n) is 7.55. The normalized spacial score (nSPS) is 13.8. The lowest BCUT2D eigenvalue weighted by Crippen LogP contribution is -2.49. The number of carbonyl (C=O) groups excluding carboxylic acids is 2. The molecule has 0 fully saturated rings. The largest absolute Gasteiger partial charge is 0.458 e. The van der Waals surface area contributed by atoms with E-state index >= 15 is 0 Å². The van der Waals surface area contributed by atoms with E-state index < -0.39 is 23.6 Å². The summed E-state index contributed by atoms with van der Waals surface area (Å²) in [4.78, 5) is 28.3. The van der Waals surface area contributed by atoms with Crippen LogP contribution in [-0.4, -0.2) is 28.6 Å². The second kappa shape index (κ2) is 8.15. The average Bonchev–Trinajstić information content (AvgIpc) is 2.44. The van der Waals surface area contributed by atoms with Crippen LogP contribution in [0.25, 0.3) is 0 Å². The van der Waals surface area contributed by atoms with Gasteiger partial charge in [-0.3, -0.25) is 0 Å². The van der Waals surface area contributed by atoms with Gasteiger partial charge >= 0.3 is 12.0 Å². The van der Waals surface area contributed by atoms with Gasteiger partial charge in [-0.05, 0) is 38.8 Å². The number of halogens is 1. The first-order chi connectivity index (χ1) is 10.6. The summed E-state index contributed by atoms with van der Waals surface area (Å²) >= 11 is 5.90. The molecule has 0 unspecified atom stereocenters. The number of amides is 2. The maximum Gasteiger partial charge on any atom is 0.329 e. The number of rotatable bonds is 5. The zero-order valence-electron chi connectivity index (χ0n) is 14.1. The lowest BCUT2D eigenvalue weighted by Gasteiger charge is -2.27. The van der Waals surface area contributed by atoms with E-state index in [0.717, 1.165) is 6.42 Å². The van der Waals surface area contributed by atoms with Crippen LogP contribution < -0.4 is 10.6 Å². The average molecular weight is 342 g/mol. The molecule has 6 nitrogen and oxygen atoms in total. The Labute approximate surface area is 142 Å². The van der Waals surface area contributed by atoms with Gasteiger partial charge < -0.3 is 15.4 Å². The van der Waals surface area contributed by atoms with Crippen molar-refractivity contribution < 1.29 is 14.3 Å². The van der Waals surface area contributed by atoms with Crippen LogP contribution in [0.15, 0.2) is 18.3 Å². The number of nitrogens with zero attached hydrogens (tertiary/aromatic N) is 1. The van der Waals surface area contributed by atoms with Gasteiger partial charge in [0.2, 0.25) is 0 Å². The summed E-state index contributed by atoms with van der Waals surface area (Å²) in [6, 6.07) is 2.01. The molecule has 0 aliphatic heterocycles. The lowest BCUT2D eigenvalue weighted by molar-refractivity contribution is -0.158. The monoisotopic (exact) mass is 341 g/mol. The summed E-state index contributed by atoms with van der Waals surface area (Å²) in [5.74, 6) is -0.528. The number of carbonyl (C=O) groups is 2. The maximum absolute atomic E-state index is 12.3. The summed E-state index contributed by atoms with van der Waals surface area (Å²) in [6.07, 6.45) is 2.24. The number of hydrogen-bond donors (Lipinski definition) is 2. The number of hydrogen-bond acceptors (Lipinski definition) is 4. The van der Waals surface area contributed by atoms with Crippen molar-refractivity contribution in [3.05, 3.63) is 23.5 Å². The van der Waals surface area contributed by atoms with Crippen LogP contribution in [0.4, 0.5) is 10.5 Å². The molecule has 1 heterocycles. The highest BCUT2D eigenvalue weighted by atomic mass is 35.5. The maximum atomic E-state index is 12.3. The molecule has 128 valence electrons. The number of ether oxygens (including phenoxy) is 1. The van der Waals surface area contributed by atoms with Crippen molar-refractivity contribution >= 4 is 29.3 Å². The Morgan fingerprint density at radius 1 is 1.39 bits per heavy atom. The molecule has 0 saturated carbocycles. The molecule has 2 N–H and O–H groups in total. The fourth-order valence-corrected chi connectivity index (χ4v) is 1.98. The minimum atomic E-state index is -0.741. The number of urea groups is 1. The van der Waals surface area contributed by atoms with Crippen LogP contribution in [0.2, 0.25) is 5.15 Å². The standard InChI is InChI=1S/C16H24ClN3O3/c1-6-10(2)12(14(21)23-16(3,4)5)20-15(22)19-11-8-7-9-18-13(11)17/h7-10,12H,6H2,1-5H3,(H2,19,20,22)/t10-,12-/m0/s1. The van der Waals surface area contributed by atoms with Gasteiger partial charge in [0.15, 0.2) is 5.15 Å². The molecule has 0 aliphatic carbocycles. The minimum absolute atomic E-state index is 0.0695. The highest BCUT2D eigenvalue weighted by Gasteiger charge is 2.30. The fourth-order valence-electron chi connectivity index (χ4n) is 1.81. The summed E-state index contributed by atoms with van der Waals surface area (Å²) < 4.78 is 5.38. The summed E-state index contributed by atoms with van der Waals surface area (Å²) in [6.45, 7) is 9.18. The van der Waals surface area contributed by atoms with E-state index in [1.54, 1.807) is 32.9 Å². The van der Waals surface area contributed by atoms with Crippen molar-refractivity contribution in [1.29, 1.82) is 0 Å². The molecular formula is C16H24ClN3O3. The molecular weight excluding hydrogens is 318 g/mol. The van der Waals surface area contributed by atoms with E-state index in [0.29, 0.717) is 5.69 Å². The van der Waals surface area contributed by atoms with Gasteiger partial charge in [0.25, 0.3) is 0 Å². The fraction of sp³-hybridized carbons (Fsp3) is 0.562. The quantitative estimate of drug-likeness (QED) is 0.633. The molecule has 23 heavy (non-hydrogen) atoms. The Kier molecular flexibility index (Phi) is 6.81. The third kappa shape index (κ3) is 6.44. The number of aromatic nitrogens is 1. The van der Waals surface area contributed by atoms with E-state index in [2.05, 4.69) is 15.6 Å². The second-order valence-electron chi connectivity index (χ2n) is 6.34. The smallest absolute Gasteiger partial charge is 0.329 e. The zero-order chi connectivity index (χ0) is 17.6. The number of esters is 1. The SMILES string of the molecule is CC[C@H](C)[C@H](NC(=O)Nc1cccnc1Cl)C(=O)OC(C)(C)C. The van der Waals surface area contributed by atoms with Crippen molar-refractivity contribution in [2.24, 2.45) is 5.92 Å². The number of pyridine rings is 1. The highest BCUT2D eigenvalue weighted by molar-refractivity contribution is 6.32. The molecule has 2 amide bonds. The molecule has 7 heteroatoms. The van der Waals surface area contributed by atoms with Crippen molar-refractivity contribution in [2.45, 2.75) is 52.7 Å². The Balaban J connectivity index is 2.79. The van der Waals surface area contributed by atoms with E-state index in [9.17, 15) is 9.59 Å². The molecule has 0 spiro atoms. The van der Waals surface area contributed by atoms with Gasteiger partial charge in [0.1, 0.15) is 11.6 Å². The number of anilines is 1. The topological polar surface area (TPSA) is 80.3 Å². The first-order valence-corrected chi connectivity index (χ1v) is 7.92. The van der Waals surface area contributed by atoms with Gasteiger partial charge in [-0.25, -0.2) is 14.6 Å². The van der Waals surface area contributed by atoms with Gasteiger partial charge in [-0.2, -0.15) is 0 Å². The summed E-state index contributed by atoms with van der Waals surface area (Å²) in [5, 5.41) is 5.42. The van der Waals surface area contributed by atoms with Crippen molar-refractivity contribution in [3.63, 3.8) is 0 Å². The molecule has 0 radical (unpaired) electrons. The minimum Gasteiger partial charge on any atom is -0.458 e. The van der Waals surface area contributed by atoms with Crippen LogP contribution in [0, 0.1) is 5.92 Å². The van der Waals surface area contributed by atoms with E-state index in [-0.39, 0.29) is 11.1 Å². The van der Waals surface area contributed by atoms with Gasteiger partial charge in [-0.1, -0.05) is 31.9 Å². The van der Waals surface area contributed by atoms with Crippen LogP contribution >= 0.6 is 11.6 Å².